The number of esters is 1. The summed E-state index contributed by atoms with van der Waals surface area (Å²) >= 11 is 0. The first-order valence-electron chi connectivity index (χ1n) is 4.08. The summed E-state index contributed by atoms with van der Waals surface area (Å²) in [6.45, 7) is 1.56. The third-order valence-corrected chi connectivity index (χ3v) is 3.01. The van der Waals surface area contributed by atoms with Gasteiger partial charge in [0.25, 0.3) is 0 Å². The van der Waals surface area contributed by atoms with Crippen LogP contribution >= 0.6 is 0 Å². The van der Waals surface area contributed by atoms with Crippen LogP contribution in [0.25, 0.3) is 0 Å². The Morgan fingerprint density at radius 2 is 2.00 bits per heavy atom. The minimum Gasteiger partial charge on any atom is -0.465 e. The standard InChI is InChI=1S/C9H11NO4S/c1-6-4-3-5-7(9(11)14-2)8(6)15(10,12)13/h3-5H,1-2H3,(H2,10,12,13). The number of hydrogen-bond acceptors (Lipinski definition) is 4. The van der Waals surface area contributed by atoms with E-state index in [1.807, 2.05) is 0 Å². The van der Waals surface area contributed by atoms with Gasteiger partial charge in [0.15, 0.2) is 0 Å². The van der Waals surface area contributed by atoms with E-state index < -0.39 is 16.0 Å². The maximum absolute atomic E-state index is 11.3. The van der Waals surface area contributed by atoms with Gasteiger partial charge in [-0.05, 0) is 18.6 Å². The molecule has 0 radical (unpaired) electrons. The Hall–Kier alpha value is -1.40. The van der Waals surface area contributed by atoms with E-state index in [1.165, 1.54) is 13.2 Å². The Morgan fingerprint density at radius 1 is 1.40 bits per heavy atom. The SMILES string of the molecule is COC(=O)c1cccc(C)c1S(N)(=O)=O. The molecule has 0 atom stereocenters. The normalized spacial score (nSPS) is 11.1. The maximum atomic E-state index is 11.3. The van der Waals surface area contributed by atoms with Crippen LogP contribution in [0, 0.1) is 6.92 Å². The van der Waals surface area contributed by atoms with Crippen molar-refractivity contribution in [3.8, 4) is 0 Å². The summed E-state index contributed by atoms with van der Waals surface area (Å²) in [6, 6.07) is 4.49. The number of benzene rings is 1. The molecule has 0 fully saturated rings. The number of sulfonamides is 1. The van der Waals surface area contributed by atoms with Gasteiger partial charge in [-0.25, -0.2) is 18.4 Å². The van der Waals surface area contributed by atoms with Crippen LogP contribution in [-0.2, 0) is 14.8 Å². The highest BCUT2D eigenvalue weighted by atomic mass is 32.2. The number of rotatable bonds is 2. The molecule has 2 N–H and O–H groups in total. The smallest absolute Gasteiger partial charge is 0.339 e. The Labute approximate surface area is 87.9 Å². The topological polar surface area (TPSA) is 86.5 Å². The van der Waals surface area contributed by atoms with Crippen molar-refractivity contribution < 1.29 is 17.9 Å². The summed E-state index contributed by atoms with van der Waals surface area (Å²) in [5.41, 5.74) is 0.375. The van der Waals surface area contributed by atoms with Crippen LogP contribution < -0.4 is 5.14 Å². The van der Waals surface area contributed by atoms with Crippen LogP contribution in [0.15, 0.2) is 23.1 Å². The molecule has 5 nitrogen and oxygen atoms in total. The fourth-order valence-electron chi connectivity index (χ4n) is 1.30. The molecule has 1 rings (SSSR count). The molecule has 0 spiro atoms. The van der Waals surface area contributed by atoms with Crippen LogP contribution in [0.1, 0.15) is 15.9 Å². The van der Waals surface area contributed by atoms with Gasteiger partial charge in [-0.2, -0.15) is 0 Å². The van der Waals surface area contributed by atoms with Gasteiger partial charge in [-0.1, -0.05) is 12.1 Å². The molecule has 0 bridgehead atoms. The molecule has 0 saturated carbocycles. The molecule has 0 amide bonds. The molecule has 0 heterocycles. The van der Waals surface area contributed by atoms with E-state index in [0.717, 1.165) is 0 Å². The highest BCUT2D eigenvalue weighted by Gasteiger charge is 2.21. The van der Waals surface area contributed by atoms with E-state index in [4.69, 9.17) is 5.14 Å². The number of carbonyl (C=O) groups excluding carboxylic acids is 1. The van der Waals surface area contributed by atoms with E-state index in [0.29, 0.717) is 5.56 Å². The lowest BCUT2D eigenvalue weighted by Crippen LogP contribution is -2.18. The molecule has 0 aromatic heterocycles. The maximum Gasteiger partial charge on any atom is 0.339 e. The fraction of sp³-hybridized carbons (Fsp3) is 0.222. The van der Waals surface area contributed by atoms with Gasteiger partial charge < -0.3 is 4.74 Å². The summed E-state index contributed by atoms with van der Waals surface area (Å²) in [5.74, 6) is -0.720. The van der Waals surface area contributed by atoms with Crippen molar-refractivity contribution in [2.24, 2.45) is 5.14 Å². The molecule has 1 aromatic carbocycles. The van der Waals surface area contributed by atoms with Crippen LogP contribution in [0.3, 0.4) is 0 Å². The van der Waals surface area contributed by atoms with E-state index >= 15 is 0 Å². The summed E-state index contributed by atoms with van der Waals surface area (Å²) in [6.07, 6.45) is 0. The van der Waals surface area contributed by atoms with Gasteiger partial charge in [0.2, 0.25) is 10.0 Å². The first kappa shape index (κ1) is 11.7. The monoisotopic (exact) mass is 229 g/mol. The predicted molar refractivity (Wildman–Crippen MR) is 53.9 cm³/mol. The Morgan fingerprint density at radius 3 is 2.47 bits per heavy atom. The third kappa shape index (κ3) is 2.34. The van der Waals surface area contributed by atoms with E-state index in [1.54, 1.807) is 19.1 Å². The van der Waals surface area contributed by atoms with E-state index in [9.17, 15) is 13.2 Å². The molecule has 15 heavy (non-hydrogen) atoms. The van der Waals surface area contributed by atoms with Crippen LogP contribution in [0.2, 0.25) is 0 Å². The second kappa shape index (κ2) is 4.00. The van der Waals surface area contributed by atoms with Crippen molar-refractivity contribution in [2.75, 3.05) is 7.11 Å². The zero-order valence-corrected chi connectivity index (χ0v) is 9.17. The minimum atomic E-state index is -3.92. The van der Waals surface area contributed by atoms with Crippen LogP contribution in [-0.4, -0.2) is 21.5 Å². The van der Waals surface area contributed by atoms with Crippen molar-refractivity contribution in [1.29, 1.82) is 0 Å². The molecule has 0 saturated heterocycles. The number of hydrogen-bond donors (Lipinski definition) is 1. The first-order chi connectivity index (χ1) is 6.88. The summed E-state index contributed by atoms with van der Waals surface area (Å²) in [5, 5.41) is 5.02. The average molecular weight is 229 g/mol. The van der Waals surface area contributed by atoms with Gasteiger partial charge >= 0.3 is 5.97 Å². The lowest BCUT2D eigenvalue weighted by Gasteiger charge is -2.08. The zero-order chi connectivity index (χ0) is 11.6. The molecular formula is C9H11NO4S. The third-order valence-electron chi connectivity index (χ3n) is 1.90. The number of carbonyl (C=O) groups is 1. The molecule has 1 aromatic rings. The van der Waals surface area contributed by atoms with Crippen molar-refractivity contribution >= 4 is 16.0 Å². The number of primary sulfonamides is 1. The van der Waals surface area contributed by atoms with Crippen molar-refractivity contribution in [3.63, 3.8) is 0 Å². The van der Waals surface area contributed by atoms with Gasteiger partial charge in [0, 0.05) is 0 Å². The highest BCUT2D eigenvalue weighted by Crippen LogP contribution is 2.19. The molecule has 0 unspecified atom stereocenters. The average Bonchev–Trinajstić information content (AvgIpc) is 2.14. The molecule has 0 aliphatic carbocycles. The Bertz CT molecular complexity index is 493. The summed E-state index contributed by atoms with van der Waals surface area (Å²) in [7, 11) is -2.74. The molecular weight excluding hydrogens is 218 g/mol. The quantitative estimate of drug-likeness (QED) is 0.745. The first-order valence-corrected chi connectivity index (χ1v) is 5.63. The van der Waals surface area contributed by atoms with E-state index in [2.05, 4.69) is 4.74 Å². The predicted octanol–water partition coefficient (Wildman–Crippen LogP) is 0.429. The van der Waals surface area contributed by atoms with Gasteiger partial charge in [0.1, 0.15) is 0 Å². The minimum absolute atomic E-state index is 0.0417. The van der Waals surface area contributed by atoms with Crippen molar-refractivity contribution in [1.82, 2.24) is 0 Å². The molecule has 0 aliphatic heterocycles. The summed E-state index contributed by atoms with van der Waals surface area (Å²) in [4.78, 5) is 11.1. The van der Waals surface area contributed by atoms with Gasteiger partial charge in [-0.3, -0.25) is 0 Å². The number of nitrogens with two attached hydrogens (primary N) is 1. The van der Waals surface area contributed by atoms with Crippen molar-refractivity contribution in [3.05, 3.63) is 29.3 Å². The second-order valence-corrected chi connectivity index (χ2v) is 4.49. The number of aryl methyl sites for hydroxylation is 1. The van der Waals surface area contributed by atoms with Crippen LogP contribution in [0.5, 0.6) is 0 Å². The molecule has 6 heteroatoms. The highest BCUT2D eigenvalue weighted by molar-refractivity contribution is 7.89. The lowest BCUT2D eigenvalue weighted by atomic mass is 10.1. The molecule has 82 valence electrons. The Balaban J connectivity index is 3.54. The largest absolute Gasteiger partial charge is 0.465 e. The lowest BCUT2D eigenvalue weighted by molar-refractivity contribution is 0.0596. The zero-order valence-electron chi connectivity index (χ0n) is 8.35. The second-order valence-electron chi connectivity index (χ2n) is 2.99. The summed E-state index contributed by atoms with van der Waals surface area (Å²) < 4.78 is 27.0. The fourth-order valence-corrected chi connectivity index (χ4v) is 2.28. The number of methoxy groups -OCH3 is 1. The van der Waals surface area contributed by atoms with Crippen LogP contribution in [0.4, 0.5) is 0 Å². The molecule has 0 aliphatic rings. The van der Waals surface area contributed by atoms with Gasteiger partial charge in [-0.15, -0.1) is 0 Å². The Kier molecular flexibility index (Phi) is 3.11. The van der Waals surface area contributed by atoms with Gasteiger partial charge in [0.05, 0.1) is 17.6 Å². The number of ether oxygens (including phenoxy) is 1. The van der Waals surface area contributed by atoms with E-state index in [-0.39, 0.29) is 10.5 Å². The van der Waals surface area contributed by atoms with Crippen molar-refractivity contribution in [2.45, 2.75) is 11.8 Å².